The summed E-state index contributed by atoms with van der Waals surface area (Å²) in [5.41, 5.74) is 1.83. The van der Waals surface area contributed by atoms with Gasteiger partial charge in [0.05, 0.1) is 5.56 Å². The summed E-state index contributed by atoms with van der Waals surface area (Å²) < 4.78 is 29.2. The smallest absolute Gasteiger partial charge is 0.505 e. The van der Waals surface area contributed by atoms with Crippen LogP contribution in [0.15, 0.2) is 48.5 Å². The monoisotopic (exact) mass is 349 g/mol. The van der Waals surface area contributed by atoms with E-state index in [4.69, 9.17) is 11.6 Å². The second-order valence-corrected chi connectivity index (χ2v) is 5.64. The number of carbonyl (C=O) groups is 1. The van der Waals surface area contributed by atoms with Crippen molar-refractivity contribution < 1.29 is 18.1 Å². The Kier molecular flexibility index (Phi) is 5.98. The molecule has 0 aromatic heterocycles. The molecule has 7 heteroatoms. The Labute approximate surface area is 144 Å². The minimum Gasteiger partial charge on any atom is -0.505 e. The molecule has 0 spiro atoms. The third kappa shape index (κ3) is 4.83. The molecular formula is C17H15BClF2NO2. The minimum absolute atomic E-state index is 0.0102. The van der Waals surface area contributed by atoms with Gasteiger partial charge in [0.2, 0.25) is 0 Å². The van der Waals surface area contributed by atoms with Crippen LogP contribution in [0.4, 0.5) is 14.3 Å². The Bertz CT molecular complexity index is 749. The van der Waals surface area contributed by atoms with E-state index in [9.17, 15) is 13.4 Å². The number of hydrogen-bond acceptors (Lipinski definition) is 3. The molecule has 0 radical (unpaired) electrons. The maximum atomic E-state index is 12.4. The Morgan fingerprint density at radius 2 is 1.83 bits per heavy atom. The standard InChI is InChI=1S/C17H15BClF2NO2/c1-22(2)14-7-3-12(4-8-14)5-9-16(23)15-11-13(19)6-10-17(15)24-18(20)21/h3-11H,1-2H3. The lowest BCUT2D eigenvalue weighted by Crippen LogP contribution is -2.11. The number of hydrogen-bond donors (Lipinski definition) is 0. The first kappa shape index (κ1) is 18.0. The molecule has 0 saturated carbocycles. The zero-order valence-corrected chi connectivity index (χ0v) is 13.9. The molecule has 0 saturated heterocycles. The molecule has 0 heterocycles. The van der Waals surface area contributed by atoms with E-state index < -0.39 is 13.3 Å². The molecule has 0 amide bonds. The number of anilines is 1. The lowest BCUT2D eigenvalue weighted by molar-refractivity contribution is 0.104. The number of benzene rings is 2. The summed E-state index contributed by atoms with van der Waals surface area (Å²) in [4.78, 5) is 14.2. The Morgan fingerprint density at radius 3 is 2.42 bits per heavy atom. The maximum absolute atomic E-state index is 12.4. The lowest BCUT2D eigenvalue weighted by Gasteiger charge is -2.11. The number of nitrogens with zero attached hydrogens (tertiary/aromatic N) is 1. The zero-order valence-electron chi connectivity index (χ0n) is 13.2. The average Bonchev–Trinajstić information content (AvgIpc) is 2.54. The lowest BCUT2D eigenvalue weighted by atomic mass is 10.1. The van der Waals surface area contributed by atoms with Crippen LogP contribution in [0.5, 0.6) is 5.75 Å². The molecule has 124 valence electrons. The Balaban J connectivity index is 2.21. The highest BCUT2D eigenvalue weighted by Gasteiger charge is 2.21. The van der Waals surface area contributed by atoms with Crippen molar-refractivity contribution >= 4 is 36.6 Å². The molecule has 0 aliphatic heterocycles. The summed E-state index contributed by atoms with van der Waals surface area (Å²) in [5.74, 6) is -0.670. The van der Waals surface area contributed by atoms with Crippen molar-refractivity contribution in [2.24, 2.45) is 0 Å². The van der Waals surface area contributed by atoms with Gasteiger partial charge in [-0.3, -0.25) is 4.79 Å². The second-order valence-electron chi connectivity index (χ2n) is 5.20. The van der Waals surface area contributed by atoms with Crippen LogP contribution < -0.4 is 9.55 Å². The van der Waals surface area contributed by atoms with Gasteiger partial charge in [0.25, 0.3) is 0 Å². The van der Waals surface area contributed by atoms with Crippen molar-refractivity contribution in [2.75, 3.05) is 19.0 Å². The summed E-state index contributed by atoms with van der Waals surface area (Å²) in [6, 6.07) is 11.5. The van der Waals surface area contributed by atoms with Crippen LogP contribution in [0, 0.1) is 0 Å². The summed E-state index contributed by atoms with van der Waals surface area (Å²) in [7, 11) is 0.844. The molecule has 3 nitrogen and oxygen atoms in total. The van der Waals surface area contributed by atoms with Gasteiger partial charge in [-0.1, -0.05) is 29.8 Å². The first-order chi connectivity index (χ1) is 11.4. The molecule has 0 N–H and O–H groups in total. The third-order valence-corrected chi connectivity index (χ3v) is 3.49. The van der Waals surface area contributed by atoms with Crippen molar-refractivity contribution in [3.63, 3.8) is 0 Å². The molecule has 2 aromatic rings. The fourth-order valence-electron chi connectivity index (χ4n) is 2.04. The normalized spacial score (nSPS) is 10.7. The average molecular weight is 350 g/mol. The van der Waals surface area contributed by atoms with Crippen LogP contribution in [0.2, 0.25) is 5.02 Å². The summed E-state index contributed by atoms with van der Waals surface area (Å²) >= 11 is 5.84. The van der Waals surface area contributed by atoms with Gasteiger partial charge >= 0.3 is 7.47 Å². The van der Waals surface area contributed by atoms with Gasteiger partial charge in [-0.15, -0.1) is 0 Å². The van der Waals surface area contributed by atoms with E-state index in [-0.39, 0.29) is 16.3 Å². The van der Waals surface area contributed by atoms with Gasteiger partial charge < -0.3 is 9.55 Å². The fourth-order valence-corrected chi connectivity index (χ4v) is 2.21. The van der Waals surface area contributed by atoms with E-state index in [0.29, 0.717) is 0 Å². The van der Waals surface area contributed by atoms with Crippen LogP contribution in [-0.2, 0) is 0 Å². The van der Waals surface area contributed by atoms with E-state index in [2.05, 4.69) is 4.65 Å². The number of halogens is 3. The number of allylic oxidation sites excluding steroid dienone is 1. The number of carbonyl (C=O) groups excluding carboxylic acids is 1. The van der Waals surface area contributed by atoms with Crippen molar-refractivity contribution in [1.29, 1.82) is 0 Å². The molecule has 0 fully saturated rings. The van der Waals surface area contributed by atoms with Crippen LogP contribution in [0.3, 0.4) is 0 Å². The number of ketones is 1. The van der Waals surface area contributed by atoms with Gasteiger partial charge in [-0.05, 0) is 42.0 Å². The first-order valence-electron chi connectivity index (χ1n) is 7.11. The van der Waals surface area contributed by atoms with Gasteiger partial charge in [0, 0.05) is 24.8 Å². The molecule has 2 aromatic carbocycles. The number of rotatable bonds is 6. The quantitative estimate of drug-likeness (QED) is 0.433. The minimum atomic E-state index is -3.01. The maximum Gasteiger partial charge on any atom is 0.796 e. The molecule has 0 aliphatic rings. The molecule has 0 atom stereocenters. The summed E-state index contributed by atoms with van der Waals surface area (Å²) in [5, 5.41) is 0.267. The van der Waals surface area contributed by atoms with Crippen molar-refractivity contribution in [1.82, 2.24) is 0 Å². The molecule has 0 unspecified atom stereocenters. The summed E-state index contributed by atoms with van der Waals surface area (Å²) in [6.07, 6.45) is 2.91. The molecule has 0 bridgehead atoms. The van der Waals surface area contributed by atoms with Crippen LogP contribution in [0.25, 0.3) is 6.08 Å². The molecule has 0 aliphatic carbocycles. The van der Waals surface area contributed by atoms with Crippen molar-refractivity contribution in [3.05, 3.63) is 64.7 Å². The van der Waals surface area contributed by atoms with Crippen molar-refractivity contribution in [2.45, 2.75) is 0 Å². The fraction of sp³-hybridized carbons (Fsp3) is 0.118. The second kappa shape index (κ2) is 7.97. The summed E-state index contributed by atoms with van der Waals surface area (Å²) in [6.45, 7) is 0. The highest BCUT2D eigenvalue weighted by Crippen LogP contribution is 2.25. The van der Waals surface area contributed by atoms with E-state index in [1.54, 1.807) is 6.08 Å². The topological polar surface area (TPSA) is 29.5 Å². The van der Waals surface area contributed by atoms with E-state index in [1.165, 1.54) is 24.3 Å². The van der Waals surface area contributed by atoms with E-state index in [1.807, 2.05) is 43.3 Å². The predicted octanol–water partition coefficient (Wildman–Crippen LogP) is 4.60. The molecule has 24 heavy (non-hydrogen) atoms. The molecular weight excluding hydrogens is 334 g/mol. The van der Waals surface area contributed by atoms with Crippen LogP contribution in [0.1, 0.15) is 15.9 Å². The molecule has 2 rings (SSSR count). The van der Waals surface area contributed by atoms with Crippen LogP contribution >= 0.6 is 11.6 Å². The zero-order chi connectivity index (χ0) is 17.7. The largest absolute Gasteiger partial charge is 0.796 e. The van der Waals surface area contributed by atoms with Gasteiger partial charge in [-0.25, -0.2) is 8.63 Å². The predicted molar refractivity (Wildman–Crippen MR) is 94.2 cm³/mol. The van der Waals surface area contributed by atoms with E-state index >= 15 is 0 Å². The van der Waals surface area contributed by atoms with Gasteiger partial charge in [-0.2, -0.15) is 0 Å². The Morgan fingerprint density at radius 1 is 1.17 bits per heavy atom. The SMILES string of the molecule is CN(C)c1ccc(C=CC(=O)c2cc(Cl)ccc2OB(F)F)cc1. The van der Waals surface area contributed by atoms with Crippen molar-refractivity contribution in [3.8, 4) is 5.75 Å². The highest BCUT2D eigenvalue weighted by atomic mass is 35.5. The van der Waals surface area contributed by atoms with Gasteiger partial charge in [0.1, 0.15) is 5.75 Å². The van der Waals surface area contributed by atoms with E-state index in [0.717, 1.165) is 11.3 Å². The highest BCUT2D eigenvalue weighted by molar-refractivity contribution is 6.36. The Hall–Kier alpha value is -2.34. The van der Waals surface area contributed by atoms with Gasteiger partial charge in [0.15, 0.2) is 5.78 Å². The first-order valence-corrected chi connectivity index (χ1v) is 7.49. The third-order valence-electron chi connectivity index (χ3n) is 3.26. The van der Waals surface area contributed by atoms with Crippen LogP contribution in [-0.4, -0.2) is 27.3 Å².